The minimum atomic E-state index is -0.493. The molecule has 0 unspecified atom stereocenters. The normalized spacial score (nSPS) is 10.6. The summed E-state index contributed by atoms with van der Waals surface area (Å²) in [5, 5.41) is 0.589. The van der Waals surface area contributed by atoms with Gasteiger partial charge in [-0.05, 0) is 54.8 Å². The molecule has 0 aliphatic carbocycles. The van der Waals surface area contributed by atoms with Crippen molar-refractivity contribution >= 4 is 29.5 Å². The SMILES string of the molecule is C=C(C(=O)N=COOc1ccc(Cl)cc1)c1ccc(C)c(C)c1. The maximum atomic E-state index is 11.9. The zero-order chi connectivity index (χ0) is 16.8. The van der Waals surface area contributed by atoms with Crippen LogP contribution in [0, 0.1) is 13.8 Å². The van der Waals surface area contributed by atoms with Crippen LogP contribution in [-0.4, -0.2) is 12.3 Å². The van der Waals surface area contributed by atoms with Gasteiger partial charge in [-0.15, -0.1) is 0 Å². The van der Waals surface area contributed by atoms with Gasteiger partial charge in [0.15, 0.2) is 5.75 Å². The van der Waals surface area contributed by atoms with Crippen LogP contribution in [0.4, 0.5) is 0 Å². The quantitative estimate of drug-likeness (QED) is 0.266. The Morgan fingerprint density at radius 2 is 1.83 bits per heavy atom. The smallest absolute Gasteiger partial charge is 0.279 e. The Morgan fingerprint density at radius 1 is 1.13 bits per heavy atom. The summed E-state index contributed by atoms with van der Waals surface area (Å²) in [4.78, 5) is 25.3. The molecule has 0 spiro atoms. The van der Waals surface area contributed by atoms with Gasteiger partial charge in [0.25, 0.3) is 5.91 Å². The van der Waals surface area contributed by atoms with E-state index in [-0.39, 0.29) is 0 Å². The van der Waals surface area contributed by atoms with Crippen LogP contribution in [-0.2, 0) is 9.68 Å². The third-order valence-electron chi connectivity index (χ3n) is 3.28. The van der Waals surface area contributed by atoms with Crippen molar-refractivity contribution in [2.75, 3.05) is 0 Å². The van der Waals surface area contributed by atoms with E-state index in [1.54, 1.807) is 24.3 Å². The van der Waals surface area contributed by atoms with E-state index < -0.39 is 5.91 Å². The molecule has 1 amide bonds. The molecule has 2 rings (SSSR count). The number of benzene rings is 2. The van der Waals surface area contributed by atoms with Gasteiger partial charge in [-0.3, -0.25) is 14.6 Å². The molecule has 118 valence electrons. The summed E-state index contributed by atoms with van der Waals surface area (Å²) in [6.07, 6.45) is 0.934. The van der Waals surface area contributed by atoms with E-state index in [1.165, 1.54) is 0 Å². The second-order valence-electron chi connectivity index (χ2n) is 4.95. The number of halogens is 1. The summed E-state index contributed by atoms with van der Waals surface area (Å²) in [6, 6.07) is 12.2. The first-order valence-electron chi connectivity index (χ1n) is 6.89. The van der Waals surface area contributed by atoms with Crippen molar-refractivity contribution in [3.05, 3.63) is 70.8 Å². The predicted octanol–water partition coefficient (Wildman–Crippen LogP) is 4.54. The number of rotatable bonds is 5. The lowest BCUT2D eigenvalue weighted by Gasteiger charge is -2.05. The van der Waals surface area contributed by atoms with E-state index in [0.29, 0.717) is 16.3 Å². The van der Waals surface area contributed by atoms with E-state index in [2.05, 4.69) is 11.6 Å². The average Bonchev–Trinajstić information content (AvgIpc) is 2.55. The van der Waals surface area contributed by atoms with Crippen molar-refractivity contribution in [3.63, 3.8) is 0 Å². The molecule has 0 radical (unpaired) electrons. The van der Waals surface area contributed by atoms with Crippen molar-refractivity contribution in [2.24, 2.45) is 4.99 Å². The fourth-order valence-electron chi connectivity index (χ4n) is 1.77. The van der Waals surface area contributed by atoms with E-state index in [4.69, 9.17) is 21.4 Å². The van der Waals surface area contributed by atoms with Crippen LogP contribution in [0.1, 0.15) is 16.7 Å². The Balaban J connectivity index is 1.91. The maximum Gasteiger partial charge on any atom is 0.279 e. The van der Waals surface area contributed by atoms with Crippen molar-refractivity contribution in [1.29, 1.82) is 0 Å². The van der Waals surface area contributed by atoms with E-state index in [1.807, 2.05) is 32.0 Å². The second kappa shape index (κ2) is 7.61. The van der Waals surface area contributed by atoms with Gasteiger partial charge in [0.05, 0.1) is 0 Å². The largest absolute Gasteiger partial charge is 0.289 e. The molecule has 0 aromatic heterocycles. The Bertz CT molecular complexity index is 751. The number of aliphatic imine (C=N–C) groups is 1. The zero-order valence-electron chi connectivity index (χ0n) is 12.9. The molecule has 0 N–H and O–H groups in total. The Labute approximate surface area is 140 Å². The fourth-order valence-corrected chi connectivity index (χ4v) is 1.89. The molecule has 23 heavy (non-hydrogen) atoms. The molecule has 0 saturated carbocycles. The van der Waals surface area contributed by atoms with Crippen LogP contribution in [0.2, 0.25) is 5.02 Å². The number of hydrogen-bond donors (Lipinski definition) is 0. The fraction of sp³-hybridized carbons (Fsp3) is 0.111. The lowest BCUT2D eigenvalue weighted by Crippen LogP contribution is -2.01. The molecule has 2 aromatic rings. The maximum absolute atomic E-state index is 11.9. The standard InChI is InChI=1S/C18H16ClNO3/c1-12-4-5-15(10-13(12)2)14(3)18(21)20-11-22-23-17-8-6-16(19)7-9-17/h4-11H,3H2,1-2H3. The molecule has 5 heteroatoms. The summed E-state index contributed by atoms with van der Waals surface area (Å²) in [6.45, 7) is 7.75. The van der Waals surface area contributed by atoms with Crippen molar-refractivity contribution in [2.45, 2.75) is 13.8 Å². The van der Waals surface area contributed by atoms with Crippen LogP contribution in [0.15, 0.2) is 54.0 Å². The third kappa shape index (κ3) is 4.69. The van der Waals surface area contributed by atoms with Gasteiger partial charge in [-0.1, -0.05) is 36.4 Å². The molecule has 0 atom stereocenters. The lowest BCUT2D eigenvalue weighted by atomic mass is 10.0. The van der Waals surface area contributed by atoms with Gasteiger partial charge in [-0.25, -0.2) is 0 Å². The number of aryl methyl sites for hydroxylation is 2. The highest BCUT2D eigenvalue weighted by Crippen LogP contribution is 2.18. The average molecular weight is 330 g/mol. The third-order valence-corrected chi connectivity index (χ3v) is 3.54. The van der Waals surface area contributed by atoms with Gasteiger partial charge in [0.2, 0.25) is 6.40 Å². The van der Waals surface area contributed by atoms with Crippen LogP contribution in [0.5, 0.6) is 5.75 Å². The summed E-state index contributed by atoms with van der Waals surface area (Å²) in [5.74, 6) is -0.0470. The van der Waals surface area contributed by atoms with E-state index in [9.17, 15) is 4.79 Å². The summed E-state index contributed by atoms with van der Waals surface area (Å²) >= 11 is 5.75. The first-order chi connectivity index (χ1) is 11.0. The number of carbonyl (C=O) groups is 1. The molecule has 4 nitrogen and oxygen atoms in total. The van der Waals surface area contributed by atoms with Gasteiger partial charge < -0.3 is 0 Å². The van der Waals surface area contributed by atoms with Crippen LogP contribution >= 0.6 is 11.6 Å². The minimum Gasteiger partial charge on any atom is -0.289 e. The van der Waals surface area contributed by atoms with Crippen LogP contribution < -0.4 is 4.89 Å². The lowest BCUT2D eigenvalue weighted by molar-refractivity contribution is -0.117. The van der Waals surface area contributed by atoms with E-state index in [0.717, 1.165) is 23.1 Å². The Morgan fingerprint density at radius 3 is 2.48 bits per heavy atom. The van der Waals surface area contributed by atoms with Crippen LogP contribution in [0.3, 0.4) is 0 Å². The van der Waals surface area contributed by atoms with Crippen molar-refractivity contribution in [3.8, 4) is 5.75 Å². The summed E-state index contributed by atoms with van der Waals surface area (Å²) < 4.78 is 0. The first kappa shape index (κ1) is 16.8. The van der Waals surface area contributed by atoms with E-state index >= 15 is 0 Å². The summed E-state index contributed by atoms with van der Waals surface area (Å²) in [5.41, 5.74) is 3.26. The summed E-state index contributed by atoms with van der Waals surface area (Å²) in [7, 11) is 0. The molecule has 2 aromatic carbocycles. The Hall–Kier alpha value is -2.59. The topological polar surface area (TPSA) is 47.9 Å². The Kier molecular flexibility index (Phi) is 5.55. The number of hydrogen-bond acceptors (Lipinski definition) is 3. The first-order valence-corrected chi connectivity index (χ1v) is 7.27. The molecule has 0 fully saturated rings. The molecule has 0 aliphatic rings. The van der Waals surface area contributed by atoms with Crippen LogP contribution in [0.25, 0.3) is 5.57 Å². The minimum absolute atomic E-state index is 0.291. The number of amides is 1. The molecular formula is C18H16ClNO3. The molecular weight excluding hydrogens is 314 g/mol. The molecule has 0 heterocycles. The van der Waals surface area contributed by atoms with Gasteiger partial charge >= 0.3 is 0 Å². The highest BCUT2D eigenvalue weighted by Gasteiger charge is 2.08. The molecule has 0 aliphatic heterocycles. The van der Waals surface area contributed by atoms with Crippen molar-refractivity contribution < 1.29 is 14.6 Å². The number of nitrogens with zero attached hydrogens (tertiary/aromatic N) is 1. The second-order valence-corrected chi connectivity index (χ2v) is 5.39. The zero-order valence-corrected chi connectivity index (χ0v) is 13.6. The highest BCUT2D eigenvalue weighted by atomic mass is 35.5. The molecule has 0 bridgehead atoms. The van der Waals surface area contributed by atoms with Crippen molar-refractivity contribution in [1.82, 2.24) is 0 Å². The molecule has 0 saturated heterocycles. The van der Waals surface area contributed by atoms with Gasteiger partial charge in [0.1, 0.15) is 0 Å². The van der Waals surface area contributed by atoms with Gasteiger partial charge in [-0.2, -0.15) is 4.99 Å². The highest BCUT2D eigenvalue weighted by molar-refractivity contribution is 6.30. The number of carbonyl (C=O) groups excluding carboxylic acids is 1. The monoisotopic (exact) mass is 329 g/mol. The van der Waals surface area contributed by atoms with Gasteiger partial charge in [0, 0.05) is 10.6 Å². The predicted molar refractivity (Wildman–Crippen MR) is 91.6 cm³/mol.